The lowest BCUT2D eigenvalue weighted by molar-refractivity contribution is -0.137. The molecule has 0 aliphatic rings. The van der Waals surface area contributed by atoms with Crippen molar-refractivity contribution in [2.45, 2.75) is 12.2 Å². The molecular weight excluding hydrogens is 310 g/mol. The lowest BCUT2D eigenvalue weighted by atomic mass is 9.98. The smallest absolute Gasteiger partial charge is 0.320 e. The Labute approximate surface area is 124 Å². The fraction of sp³-hybridized carbons (Fsp3) is 0.143. The molecule has 6 heteroatoms. The summed E-state index contributed by atoms with van der Waals surface area (Å²) in [6.45, 7) is 0. The molecule has 2 N–H and O–H groups in total. The van der Waals surface area contributed by atoms with Crippen molar-refractivity contribution < 1.29 is 13.2 Å². The van der Waals surface area contributed by atoms with E-state index in [-0.39, 0.29) is 5.02 Å². The van der Waals surface area contributed by atoms with Crippen LogP contribution in [0.2, 0.25) is 10.0 Å². The highest BCUT2D eigenvalue weighted by atomic mass is 35.5. The summed E-state index contributed by atoms with van der Waals surface area (Å²) in [6.07, 6.45) is -4.47. The van der Waals surface area contributed by atoms with Crippen molar-refractivity contribution >= 4 is 23.2 Å². The fourth-order valence-electron chi connectivity index (χ4n) is 1.82. The summed E-state index contributed by atoms with van der Waals surface area (Å²) >= 11 is 11.4. The maximum atomic E-state index is 12.6. The molecule has 0 amide bonds. The normalized spacial score (nSPS) is 13.3. The summed E-state index contributed by atoms with van der Waals surface area (Å²) in [7, 11) is 0. The topological polar surface area (TPSA) is 26.0 Å². The van der Waals surface area contributed by atoms with Gasteiger partial charge >= 0.3 is 6.18 Å². The van der Waals surface area contributed by atoms with Crippen LogP contribution in [0, 0.1) is 0 Å². The Balaban J connectivity index is 2.34. The van der Waals surface area contributed by atoms with E-state index in [0.717, 1.165) is 11.6 Å². The molecule has 0 spiro atoms. The van der Waals surface area contributed by atoms with Crippen LogP contribution >= 0.6 is 23.2 Å². The van der Waals surface area contributed by atoms with E-state index in [2.05, 4.69) is 0 Å². The number of hydrogen-bond acceptors (Lipinski definition) is 1. The van der Waals surface area contributed by atoms with E-state index >= 15 is 0 Å². The molecule has 0 bridgehead atoms. The molecule has 0 saturated carbocycles. The van der Waals surface area contributed by atoms with Gasteiger partial charge in [0.2, 0.25) is 0 Å². The van der Waals surface area contributed by atoms with Crippen LogP contribution in [0.3, 0.4) is 0 Å². The molecule has 0 aliphatic carbocycles. The SMILES string of the molecule is NC(c1ccc(Cl)cc1)c1ccc(C(F)(F)F)c(Cl)c1. The highest BCUT2D eigenvalue weighted by Gasteiger charge is 2.33. The predicted molar refractivity (Wildman–Crippen MR) is 73.9 cm³/mol. The van der Waals surface area contributed by atoms with Crippen molar-refractivity contribution in [2.24, 2.45) is 5.73 Å². The molecule has 0 radical (unpaired) electrons. The third kappa shape index (κ3) is 3.26. The van der Waals surface area contributed by atoms with Gasteiger partial charge in [-0.15, -0.1) is 0 Å². The monoisotopic (exact) mass is 319 g/mol. The van der Waals surface area contributed by atoms with Gasteiger partial charge in [-0.2, -0.15) is 13.2 Å². The Hall–Kier alpha value is -1.23. The summed E-state index contributed by atoms with van der Waals surface area (Å²) in [4.78, 5) is 0. The number of halogens is 5. The van der Waals surface area contributed by atoms with Gasteiger partial charge in [0.05, 0.1) is 16.6 Å². The van der Waals surface area contributed by atoms with Crippen LogP contribution in [0.25, 0.3) is 0 Å². The first kappa shape index (κ1) is 15.2. The Morgan fingerprint density at radius 3 is 1.95 bits per heavy atom. The zero-order chi connectivity index (χ0) is 14.9. The zero-order valence-electron chi connectivity index (χ0n) is 10.1. The van der Waals surface area contributed by atoms with Gasteiger partial charge in [-0.25, -0.2) is 0 Å². The highest BCUT2D eigenvalue weighted by molar-refractivity contribution is 6.31. The first-order valence-electron chi connectivity index (χ1n) is 5.66. The van der Waals surface area contributed by atoms with Crippen molar-refractivity contribution in [2.75, 3.05) is 0 Å². The molecule has 0 fully saturated rings. The van der Waals surface area contributed by atoms with E-state index in [0.29, 0.717) is 10.6 Å². The molecule has 2 aromatic rings. The van der Waals surface area contributed by atoms with Crippen LogP contribution in [-0.2, 0) is 6.18 Å². The average Bonchev–Trinajstić information content (AvgIpc) is 2.37. The van der Waals surface area contributed by atoms with Crippen LogP contribution in [0.15, 0.2) is 42.5 Å². The molecule has 0 aromatic heterocycles. The van der Waals surface area contributed by atoms with Gasteiger partial charge in [0.15, 0.2) is 0 Å². The van der Waals surface area contributed by atoms with E-state index in [1.165, 1.54) is 12.1 Å². The van der Waals surface area contributed by atoms with Gasteiger partial charge in [0.1, 0.15) is 0 Å². The van der Waals surface area contributed by atoms with E-state index in [9.17, 15) is 13.2 Å². The van der Waals surface area contributed by atoms with Crippen LogP contribution in [-0.4, -0.2) is 0 Å². The largest absolute Gasteiger partial charge is 0.417 e. The molecule has 106 valence electrons. The zero-order valence-corrected chi connectivity index (χ0v) is 11.6. The number of rotatable bonds is 2. The summed E-state index contributed by atoms with van der Waals surface area (Å²) in [5, 5.41) is 0.200. The van der Waals surface area contributed by atoms with Gasteiger partial charge in [0.25, 0.3) is 0 Å². The van der Waals surface area contributed by atoms with Crippen molar-refractivity contribution in [3.05, 3.63) is 69.2 Å². The van der Waals surface area contributed by atoms with Crippen molar-refractivity contribution in [1.29, 1.82) is 0 Å². The molecule has 2 rings (SSSR count). The Morgan fingerprint density at radius 2 is 1.45 bits per heavy atom. The highest BCUT2D eigenvalue weighted by Crippen LogP contribution is 2.36. The third-order valence-electron chi connectivity index (χ3n) is 2.89. The molecule has 0 aliphatic heterocycles. The molecule has 20 heavy (non-hydrogen) atoms. The lowest BCUT2D eigenvalue weighted by Gasteiger charge is -2.15. The Bertz CT molecular complexity index is 609. The summed E-state index contributed by atoms with van der Waals surface area (Å²) in [5.74, 6) is 0. The van der Waals surface area contributed by atoms with Gasteiger partial charge < -0.3 is 5.73 Å². The van der Waals surface area contributed by atoms with Gasteiger partial charge in [-0.1, -0.05) is 41.4 Å². The number of benzene rings is 2. The Morgan fingerprint density at radius 1 is 0.900 bits per heavy atom. The van der Waals surface area contributed by atoms with Crippen LogP contribution in [0.5, 0.6) is 0 Å². The molecular formula is C14H10Cl2F3N. The Kier molecular flexibility index (Phi) is 4.28. The summed E-state index contributed by atoms with van der Waals surface area (Å²) < 4.78 is 37.9. The summed E-state index contributed by atoms with van der Waals surface area (Å²) in [6, 6.07) is 9.72. The van der Waals surface area contributed by atoms with Crippen LogP contribution in [0.1, 0.15) is 22.7 Å². The molecule has 1 atom stereocenters. The molecule has 0 saturated heterocycles. The first-order valence-corrected chi connectivity index (χ1v) is 6.42. The third-order valence-corrected chi connectivity index (χ3v) is 3.45. The van der Waals surface area contributed by atoms with Crippen molar-refractivity contribution in [3.63, 3.8) is 0 Å². The first-order chi connectivity index (χ1) is 9.29. The van der Waals surface area contributed by atoms with E-state index < -0.39 is 17.8 Å². The number of hydrogen-bond donors (Lipinski definition) is 1. The second kappa shape index (κ2) is 5.64. The minimum absolute atomic E-state index is 0.362. The predicted octanol–water partition coefficient (Wildman–Crippen LogP) is 5.06. The lowest BCUT2D eigenvalue weighted by Crippen LogP contribution is -2.13. The van der Waals surface area contributed by atoms with E-state index in [1.54, 1.807) is 24.3 Å². The summed E-state index contributed by atoms with van der Waals surface area (Å²) in [5.41, 5.74) is 6.39. The number of alkyl halides is 3. The minimum Gasteiger partial charge on any atom is -0.320 e. The molecule has 1 unspecified atom stereocenters. The van der Waals surface area contributed by atoms with E-state index in [4.69, 9.17) is 28.9 Å². The molecule has 1 nitrogen and oxygen atoms in total. The average molecular weight is 320 g/mol. The van der Waals surface area contributed by atoms with Gasteiger partial charge in [0, 0.05) is 5.02 Å². The second-order valence-corrected chi connectivity index (χ2v) is 5.11. The quantitative estimate of drug-likeness (QED) is 0.822. The maximum absolute atomic E-state index is 12.6. The van der Waals surface area contributed by atoms with Crippen molar-refractivity contribution in [3.8, 4) is 0 Å². The van der Waals surface area contributed by atoms with Crippen molar-refractivity contribution in [1.82, 2.24) is 0 Å². The number of nitrogens with two attached hydrogens (primary N) is 1. The van der Waals surface area contributed by atoms with Crippen LogP contribution < -0.4 is 5.73 Å². The second-order valence-electron chi connectivity index (χ2n) is 4.27. The van der Waals surface area contributed by atoms with E-state index in [1.807, 2.05) is 0 Å². The van der Waals surface area contributed by atoms with Gasteiger partial charge in [-0.05, 0) is 35.4 Å². The molecule has 2 aromatic carbocycles. The standard InChI is InChI=1S/C14H10Cl2F3N/c15-10-4-1-8(2-5-10)13(20)9-3-6-11(12(16)7-9)14(17,18)19/h1-7,13H,20H2. The van der Waals surface area contributed by atoms with Gasteiger partial charge in [-0.3, -0.25) is 0 Å². The maximum Gasteiger partial charge on any atom is 0.417 e. The van der Waals surface area contributed by atoms with Crippen LogP contribution in [0.4, 0.5) is 13.2 Å². The molecule has 0 heterocycles. The minimum atomic E-state index is -4.47. The fourth-order valence-corrected chi connectivity index (χ4v) is 2.24.